The first-order valence-electron chi connectivity index (χ1n) is 11.4. The molecule has 0 aliphatic heterocycles. The van der Waals surface area contributed by atoms with Gasteiger partial charge in [0.05, 0.1) is 25.1 Å². The van der Waals surface area contributed by atoms with E-state index in [0.717, 1.165) is 36.0 Å². The number of aliphatic hydroxyl groups is 5. The summed E-state index contributed by atoms with van der Waals surface area (Å²) in [5, 5.41) is 51.5. The predicted octanol–water partition coefficient (Wildman–Crippen LogP) is 4.33. The molecule has 5 nitrogen and oxygen atoms in total. The van der Waals surface area contributed by atoms with Crippen LogP contribution in [0, 0.1) is 29.6 Å². The van der Waals surface area contributed by atoms with Crippen LogP contribution in [0.15, 0.2) is 46.0 Å². The van der Waals surface area contributed by atoms with Gasteiger partial charge in [-0.15, -0.1) is 0 Å². The number of rotatable bonds is 6. The van der Waals surface area contributed by atoms with E-state index in [1.165, 1.54) is 0 Å². The van der Waals surface area contributed by atoms with Gasteiger partial charge in [0.25, 0.3) is 0 Å². The topological polar surface area (TPSA) is 101 Å². The molecule has 3 unspecified atom stereocenters. The van der Waals surface area contributed by atoms with Crippen LogP contribution in [-0.2, 0) is 0 Å². The van der Waals surface area contributed by atoms with Crippen molar-refractivity contribution >= 4 is 0 Å². The summed E-state index contributed by atoms with van der Waals surface area (Å²) >= 11 is 0. The molecule has 0 heterocycles. The quantitative estimate of drug-likeness (QED) is 0.413. The van der Waals surface area contributed by atoms with Crippen molar-refractivity contribution in [1.29, 1.82) is 0 Å². The molecule has 0 spiro atoms. The molecule has 5 heteroatoms. The molecule has 0 amide bonds. The van der Waals surface area contributed by atoms with E-state index in [1.807, 2.05) is 0 Å². The Hall–Kier alpha value is -1.56. The molecule has 0 bridgehead atoms. The lowest BCUT2D eigenvalue weighted by Gasteiger charge is -2.35. The van der Waals surface area contributed by atoms with E-state index in [2.05, 4.69) is 32.9 Å². The smallest absolute Gasteiger partial charge is 0.119 e. The molecule has 0 aromatic rings. The summed E-state index contributed by atoms with van der Waals surface area (Å²) in [4.78, 5) is 0. The molecule has 3 aliphatic rings. The molecule has 3 rings (SSSR count). The predicted molar refractivity (Wildman–Crippen MR) is 118 cm³/mol. The summed E-state index contributed by atoms with van der Waals surface area (Å²) in [6.07, 6.45) is 7.74. The molecule has 0 fully saturated rings. The van der Waals surface area contributed by atoms with Crippen molar-refractivity contribution in [1.82, 2.24) is 0 Å². The highest BCUT2D eigenvalue weighted by atomic mass is 16.3. The van der Waals surface area contributed by atoms with Gasteiger partial charge in [0, 0.05) is 5.92 Å². The Bertz CT molecular complexity index is 760. The van der Waals surface area contributed by atoms with Gasteiger partial charge in [-0.1, -0.05) is 32.9 Å². The van der Waals surface area contributed by atoms with Gasteiger partial charge in [-0.05, 0) is 84.5 Å². The first-order valence-corrected chi connectivity index (χ1v) is 11.4. The Kier molecular flexibility index (Phi) is 7.48. The Morgan fingerprint density at radius 1 is 0.933 bits per heavy atom. The fraction of sp³-hybridized carbons (Fsp3) is 0.680. The van der Waals surface area contributed by atoms with E-state index in [0.29, 0.717) is 42.4 Å². The molecule has 0 radical (unpaired) electrons. The molecular weight excluding hydrogens is 380 g/mol. The van der Waals surface area contributed by atoms with Crippen LogP contribution >= 0.6 is 0 Å². The molecule has 6 atom stereocenters. The molecule has 0 saturated heterocycles. The molecule has 0 aromatic heterocycles. The molecule has 5 N–H and O–H groups in total. The van der Waals surface area contributed by atoms with Gasteiger partial charge in [0.2, 0.25) is 0 Å². The highest BCUT2D eigenvalue weighted by Gasteiger charge is 2.34. The standard InChI is InChI=1S/C25H38O5/c1-14-4-17(10-19-6-15(2)8-21(12-26)24(19)29)23(28)18(5-14)11-20-7-16(3)9-22(13-27)25(20)30/h4,7,14-16,18,21,23,26-30H,5-6,8-13H2,1-3H3/t14-,15+,16-,18?,21?,23?/m1/s1. The monoisotopic (exact) mass is 418 g/mol. The van der Waals surface area contributed by atoms with Crippen molar-refractivity contribution < 1.29 is 25.5 Å². The van der Waals surface area contributed by atoms with Gasteiger partial charge < -0.3 is 25.5 Å². The average molecular weight is 419 g/mol. The Morgan fingerprint density at radius 3 is 2.33 bits per heavy atom. The zero-order valence-corrected chi connectivity index (χ0v) is 18.5. The van der Waals surface area contributed by atoms with Crippen LogP contribution in [-0.4, -0.2) is 44.9 Å². The van der Waals surface area contributed by atoms with Gasteiger partial charge in [-0.3, -0.25) is 0 Å². The van der Waals surface area contributed by atoms with Crippen molar-refractivity contribution in [2.24, 2.45) is 29.6 Å². The second-order valence-electron chi connectivity index (χ2n) is 9.94. The van der Waals surface area contributed by atoms with E-state index in [9.17, 15) is 25.5 Å². The molecule has 0 saturated carbocycles. The maximum absolute atomic E-state index is 11.2. The Labute approximate surface area is 180 Å². The lowest BCUT2D eigenvalue weighted by Crippen LogP contribution is -2.31. The van der Waals surface area contributed by atoms with E-state index in [4.69, 9.17) is 0 Å². The van der Waals surface area contributed by atoms with Crippen LogP contribution in [0.5, 0.6) is 0 Å². The number of aliphatic hydroxyl groups excluding tert-OH is 5. The number of hydrogen-bond acceptors (Lipinski definition) is 5. The van der Waals surface area contributed by atoms with Crippen LogP contribution in [0.3, 0.4) is 0 Å². The fourth-order valence-electron chi connectivity index (χ4n) is 5.64. The highest BCUT2D eigenvalue weighted by molar-refractivity contribution is 5.36. The third-order valence-corrected chi connectivity index (χ3v) is 7.03. The first kappa shape index (κ1) is 23.1. The summed E-state index contributed by atoms with van der Waals surface area (Å²) in [5.74, 6) is 1.23. The summed E-state index contributed by atoms with van der Waals surface area (Å²) in [6.45, 7) is 6.16. The van der Waals surface area contributed by atoms with Crippen LogP contribution in [0.2, 0.25) is 0 Å². The normalized spacial score (nSPS) is 35.4. The van der Waals surface area contributed by atoms with E-state index in [-0.39, 0.29) is 36.7 Å². The zero-order valence-electron chi connectivity index (χ0n) is 18.5. The maximum Gasteiger partial charge on any atom is 0.119 e. The third kappa shape index (κ3) is 5.01. The Balaban J connectivity index is 1.78. The first-order chi connectivity index (χ1) is 14.2. The fourth-order valence-corrected chi connectivity index (χ4v) is 5.64. The summed E-state index contributed by atoms with van der Waals surface area (Å²) in [7, 11) is 0. The van der Waals surface area contributed by atoms with Crippen molar-refractivity contribution in [3.05, 3.63) is 46.0 Å². The van der Waals surface area contributed by atoms with Crippen LogP contribution in [0.25, 0.3) is 0 Å². The number of hydrogen-bond donors (Lipinski definition) is 5. The maximum atomic E-state index is 11.2. The molecule has 30 heavy (non-hydrogen) atoms. The molecular formula is C25H38O5. The van der Waals surface area contributed by atoms with E-state index in [1.54, 1.807) is 0 Å². The second-order valence-corrected chi connectivity index (χ2v) is 9.94. The SMILES string of the molecule is C[C@H]1CC(CC2=C[C@@H](C)CC(CC3=C[C@@H](C)CC(CO)=C3O)C2O)=C(O)C(CO)C1. The van der Waals surface area contributed by atoms with Crippen molar-refractivity contribution in [3.8, 4) is 0 Å². The number of allylic oxidation sites excluding steroid dienone is 4. The van der Waals surface area contributed by atoms with Crippen LogP contribution in [0.1, 0.15) is 59.3 Å². The van der Waals surface area contributed by atoms with Gasteiger partial charge in [0.15, 0.2) is 0 Å². The van der Waals surface area contributed by atoms with E-state index < -0.39 is 6.10 Å². The largest absolute Gasteiger partial charge is 0.512 e. The Morgan fingerprint density at radius 2 is 1.67 bits per heavy atom. The third-order valence-electron chi connectivity index (χ3n) is 7.03. The summed E-state index contributed by atoms with van der Waals surface area (Å²) in [5.41, 5.74) is 3.36. The molecule has 3 aliphatic carbocycles. The summed E-state index contributed by atoms with van der Waals surface area (Å²) in [6, 6.07) is 0. The zero-order chi connectivity index (χ0) is 22.0. The van der Waals surface area contributed by atoms with Gasteiger partial charge >= 0.3 is 0 Å². The van der Waals surface area contributed by atoms with Gasteiger partial charge in [-0.2, -0.15) is 0 Å². The minimum absolute atomic E-state index is 0.0176. The van der Waals surface area contributed by atoms with Crippen LogP contribution in [0.4, 0.5) is 0 Å². The summed E-state index contributed by atoms with van der Waals surface area (Å²) < 4.78 is 0. The minimum Gasteiger partial charge on any atom is -0.512 e. The molecule has 168 valence electrons. The second kappa shape index (κ2) is 9.71. The minimum atomic E-state index is -0.630. The van der Waals surface area contributed by atoms with Crippen molar-refractivity contribution in [3.63, 3.8) is 0 Å². The lowest BCUT2D eigenvalue weighted by molar-refractivity contribution is 0.113. The molecule has 0 aromatic carbocycles. The van der Waals surface area contributed by atoms with Gasteiger partial charge in [0.1, 0.15) is 5.76 Å². The van der Waals surface area contributed by atoms with Crippen molar-refractivity contribution in [2.45, 2.75) is 65.4 Å². The van der Waals surface area contributed by atoms with Crippen LogP contribution < -0.4 is 0 Å². The highest BCUT2D eigenvalue weighted by Crippen LogP contribution is 2.41. The van der Waals surface area contributed by atoms with Crippen molar-refractivity contribution in [2.75, 3.05) is 13.2 Å². The van der Waals surface area contributed by atoms with E-state index >= 15 is 0 Å². The van der Waals surface area contributed by atoms with Gasteiger partial charge in [-0.25, -0.2) is 0 Å². The lowest BCUT2D eigenvalue weighted by atomic mass is 9.73. The average Bonchev–Trinajstić information content (AvgIpc) is 2.70.